The molecule has 0 saturated heterocycles. The number of rotatable bonds is 2. The third-order valence-electron chi connectivity index (χ3n) is 3.03. The summed E-state index contributed by atoms with van der Waals surface area (Å²) in [6.45, 7) is 0.510. The van der Waals surface area contributed by atoms with Gasteiger partial charge >= 0.3 is 0 Å². The first-order chi connectivity index (χ1) is 8.33. The Kier molecular flexibility index (Phi) is 2.37. The SMILES string of the molecule is O=C1c2cccc3cccc(c23)N1C/C=C/Cl. The minimum absolute atomic E-state index is 0.0477. The van der Waals surface area contributed by atoms with Crippen molar-refractivity contribution in [1.29, 1.82) is 0 Å². The average molecular weight is 244 g/mol. The maximum atomic E-state index is 12.2. The molecule has 0 unspecified atom stereocenters. The summed E-state index contributed by atoms with van der Waals surface area (Å²) in [6, 6.07) is 11.8. The van der Waals surface area contributed by atoms with E-state index in [0.717, 1.165) is 22.0 Å². The second kappa shape index (κ2) is 3.90. The van der Waals surface area contributed by atoms with Gasteiger partial charge in [-0.3, -0.25) is 4.79 Å². The molecule has 0 spiro atoms. The van der Waals surface area contributed by atoms with Crippen molar-refractivity contribution in [3.63, 3.8) is 0 Å². The van der Waals surface area contributed by atoms with Gasteiger partial charge in [0.2, 0.25) is 0 Å². The van der Waals surface area contributed by atoms with Crippen LogP contribution in [0.1, 0.15) is 10.4 Å². The summed E-state index contributed by atoms with van der Waals surface area (Å²) in [5, 5.41) is 2.15. The summed E-state index contributed by atoms with van der Waals surface area (Å²) in [4.78, 5) is 14.0. The van der Waals surface area contributed by atoms with Gasteiger partial charge in [0, 0.05) is 23.0 Å². The number of carbonyl (C=O) groups is 1. The van der Waals surface area contributed by atoms with Crippen molar-refractivity contribution in [2.75, 3.05) is 11.4 Å². The third-order valence-corrected chi connectivity index (χ3v) is 3.20. The zero-order valence-corrected chi connectivity index (χ0v) is 9.82. The molecule has 0 aliphatic carbocycles. The van der Waals surface area contributed by atoms with E-state index in [0.29, 0.717) is 6.54 Å². The fourth-order valence-corrected chi connectivity index (χ4v) is 2.39. The van der Waals surface area contributed by atoms with Gasteiger partial charge in [-0.2, -0.15) is 0 Å². The van der Waals surface area contributed by atoms with E-state index in [4.69, 9.17) is 11.6 Å². The first-order valence-electron chi connectivity index (χ1n) is 5.42. The molecule has 0 radical (unpaired) electrons. The van der Waals surface area contributed by atoms with Crippen LogP contribution in [0.25, 0.3) is 10.8 Å². The molecule has 2 nitrogen and oxygen atoms in total. The summed E-state index contributed by atoms with van der Waals surface area (Å²) < 4.78 is 0. The fourth-order valence-electron chi connectivity index (χ4n) is 2.31. The van der Waals surface area contributed by atoms with Gasteiger partial charge in [-0.15, -0.1) is 0 Å². The van der Waals surface area contributed by atoms with Crippen LogP contribution in [0.2, 0.25) is 0 Å². The van der Waals surface area contributed by atoms with Gasteiger partial charge in [0.25, 0.3) is 5.91 Å². The van der Waals surface area contributed by atoms with Crippen molar-refractivity contribution in [2.45, 2.75) is 0 Å². The largest absolute Gasteiger partial charge is 0.304 e. The minimum atomic E-state index is 0.0477. The Bertz CT molecular complexity index is 628. The second-order valence-corrected chi connectivity index (χ2v) is 4.21. The minimum Gasteiger partial charge on any atom is -0.304 e. The standard InChI is InChI=1S/C14H10ClNO/c15-8-3-9-16-12-7-2-5-10-4-1-6-11(13(10)12)14(16)17/h1-8H,9H2/b8-3+. The van der Waals surface area contributed by atoms with Crippen molar-refractivity contribution in [3.8, 4) is 0 Å². The molecule has 1 heterocycles. The van der Waals surface area contributed by atoms with E-state index in [9.17, 15) is 4.79 Å². The summed E-state index contributed by atoms with van der Waals surface area (Å²) in [5.74, 6) is 0.0477. The maximum absolute atomic E-state index is 12.2. The summed E-state index contributed by atoms with van der Waals surface area (Å²) in [6.07, 6.45) is 1.77. The number of benzene rings is 2. The topological polar surface area (TPSA) is 20.3 Å². The quantitative estimate of drug-likeness (QED) is 0.790. The van der Waals surface area contributed by atoms with Crippen LogP contribution in [0.15, 0.2) is 48.0 Å². The Hall–Kier alpha value is -1.80. The highest BCUT2D eigenvalue weighted by Gasteiger charge is 2.28. The van der Waals surface area contributed by atoms with Crippen LogP contribution in [0.4, 0.5) is 5.69 Å². The molecule has 2 aromatic carbocycles. The lowest BCUT2D eigenvalue weighted by atomic mass is 10.1. The van der Waals surface area contributed by atoms with Gasteiger partial charge in [-0.05, 0) is 17.5 Å². The van der Waals surface area contributed by atoms with E-state index in [1.54, 1.807) is 11.0 Å². The Morgan fingerprint density at radius 1 is 1.18 bits per heavy atom. The van der Waals surface area contributed by atoms with Crippen molar-refractivity contribution < 1.29 is 4.79 Å². The van der Waals surface area contributed by atoms with Gasteiger partial charge in [-0.25, -0.2) is 0 Å². The van der Waals surface area contributed by atoms with E-state index in [-0.39, 0.29) is 5.91 Å². The van der Waals surface area contributed by atoms with Crippen LogP contribution >= 0.6 is 11.6 Å². The number of halogens is 1. The zero-order chi connectivity index (χ0) is 11.8. The number of hydrogen-bond donors (Lipinski definition) is 0. The molecule has 0 fully saturated rings. The highest BCUT2D eigenvalue weighted by molar-refractivity contribution is 6.26. The van der Waals surface area contributed by atoms with Crippen LogP contribution in [-0.2, 0) is 0 Å². The Morgan fingerprint density at radius 3 is 2.71 bits per heavy atom. The second-order valence-electron chi connectivity index (χ2n) is 3.96. The van der Waals surface area contributed by atoms with Gasteiger partial charge in [0.05, 0.1) is 5.69 Å². The third kappa shape index (κ3) is 1.45. The van der Waals surface area contributed by atoms with E-state index < -0.39 is 0 Å². The van der Waals surface area contributed by atoms with Crippen molar-refractivity contribution >= 4 is 34.0 Å². The first-order valence-corrected chi connectivity index (χ1v) is 5.85. The van der Waals surface area contributed by atoms with Crippen LogP contribution in [-0.4, -0.2) is 12.5 Å². The average Bonchev–Trinajstić information content (AvgIpc) is 2.64. The van der Waals surface area contributed by atoms with Crippen molar-refractivity contribution in [2.24, 2.45) is 0 Å². The Morgan fingerprint density at radius 2 is 1.94 bits per heavy atom. The lowest BCUT2D eigenvalue weighted by Crippen LogP contribution is -2.26. The number of hydrogen-bond acceptors (Lipinski definition) is 1. The molecular formula is C14H10ClNO. The molecule has 3 rings (SSSR count). The van der Waals surface area contributed by atoms with Crippen LogP contribution < -0.4 is 4.90 Å². The molecule has 2 aromatic rings. The normalized spacial score (nSPS) is 14.2. The summed E-state index contributed by atoms with van der Waals surface area (Å²) >= 11 is 5.52. The molecule has 0 saturated carbocycles. The fraction of sp³-hybridized carbons (Fsp3) is 0.0714. The van der Waals surface area contributed by atoms with Crippen LogP contribution in [0.5, 0.6) is 0 Å². The molecule has 17 heavy (non-hydrogen) atoms. The predicted molar refractivity (Wildman–Crippen MR) is 70.6 cm³/mol. The summed E-state index contributed by atoms with van der Waals surface area (Å²) in [7, 11) is 0. The Balaban J connectivity index is 2.23. The molecular weight excluding hydrogens is 234 g/mol. The van der Waals surface area contributed by atoms with Gasteiger partial charge in [0.1, 0.15) is 0 Å². The molecule has 1 aliphatic heterocycles. The molecule has 1 aliphatic rings. The van der Waals surface area contributed by atoms with Crippen LogP contribution in [0, 0.1) is 0 Å². The molecule has 1 amide bonds. The number of carbonyl (C=O) groups excluding carboxylic acids is 1. The molecule has 0 aromatic heterocycles. The molecule has 84 valence electrons. The van der Waals surface area contributed by atoms with E-state index in [1.165, 1.54) is 5.54 Å². The van der Waals surface area contributed by atoms with E-state index >= 15 is 0 Å². The molecule has 0 bridgehead atoms. The molecule has 0 N–H and O–H groups in total. The van der Waals surface area contributed by atoms with Gasteiger partial charge < -0.3 is 4.90 Å². The lowest BCUT2D eigenvalue weighted by molar-refractivity contribution is 0.0996. The Labute approximate surface area is 104 Å². The molecule has 3 heteroatoms. The first kappa shape index (κ1) is 10.4. The highest BCUT2D eigenvalue weighted by atomic mass is 35.5. The van der Waals surface area contributed by atoms with Crippen molar-refractivity contribution in [1.82, 2.24) is 0 Å². The monoisotopic (exact) mass is 243 g/mol. The number of nitrogens with zero attached hydrogens (tertiary/aromatic N) is 1. The summed E-state index contributed by atoms with van der Waals surface area (Å²) in [5.41, 5.74) is 3.19. The number of amides is 1. The maximum Gasteiger partial charge on any atom is 0.259 e. The zero-order valence-electron chi connectivity index (χ0n) is 9.06. The lowest BCUT2D eigenvalue weighted by Gasteiger charge is -2.14. The van der Waals surface area contributed by atoms with Gasteiger partial charge in [0.15, 0.2) is 0 Å². The van der Waals surface area contributed by atoms with E-state index in [2.05, 4.69) is 0 Å². The van der Waals surface area contributed by atoms with E-state index in [1.807, 2.05) is 36.4 Å². The number of anilines is 1. The smallest absolute Gasteiger partial charge is 0.259 e. The van der Waals surface area contributed by atoms with Crippen molar-refractivity contribution in [3.05, 3.63) is 53.6 Å². The van der Waals surface area contributed by atoms with Gasteiger partial charge in [-0.1, -0.05) is 41.9 Å². The van der Waals surface area contributed by atoms with Crippen LogP contribution in [0.3, 0.4) is 0 Å². The predicted octanol–water partition coefficient (Wildman–Crippen LogP) is 3.55. The highest BCUT2D eigenvalue weighted by Crippen LogP contribution is 2.36. The molecule has 0 atom stereocenters.